The molecule has 27 heavy (non-hydrogen) atoms. The number of pyridine rings is 1. The Balaban J connectivity index is 2.35. The number of ether oxygens (including phenoxy) is 1. The van der Waals surface area contributed by atoms with E-state index in [1.807, 2.05) is 57.1 Å². The Bertz CT molecular complexity index is 995. The molecule has 0 radical (unpaired) electrons. The van der Waals surface area contributed by atoms with Crippen molar-refractivity contribution in [2.75, 3.05) is 25.6 Å². The van der Waals surface area contributed by atoms with Crippen LogP contribution in [0.1, 0.15) is 42.9 Å². The number of aromatic amines is 1. The minimum Gasteiger partial charge on any atom is -0.461 e. The molecule has 0 spiro atoms. The highest BCUT2D eigenvalue weighted by molar-refractivity contribution is 6.39. The standard InChI is InChI=1S/C20H23ClN4O2/c1-6-27-20(26)18-14(12-8-7-9-13(10-12)25(4)5)16(21)15-17(11(2)3)23-24-19(15)22-18/h7-11H,6H2,1-5H3,(H,22,23,24). The van der Waals surface area contributed by atoms with Crippen molar-refractivity contribution in [2.45, 2.75) is 26.7 Å². The number of benzene rings is 1. The van der Waals surface area contributed by atoms with Crippen molar-refractivity contribution in [2.24, 2.45) is 0 Å². The maximum absolute atomic E-state index is 12.6. The van der Waals surface area contributed by atoms with Gasteiger partial charge in [-0.1, -0.05) is 37.6 Å². The lowest BCUT2D eigenvalue weighted by atomic mass is 9.99. The molecule has 142 valence electrons. The lowest BCUT2D eigenvalue weighted by molar-refractivity contribution is 0.0521. The first-order chi connectivity index (χ1) is 12.8. The molecule has 6 nitrogen and oxygen atoms in total. The van der Waals surface area contributed by atoms with Crippen molar-refractivity contribution >= 4 is 34.3 Å². The summed E-state index contributed by atoms with van der Waals surface area (Å²) in [6.07, 6.45) is 0. The van der Waals surface area contributed by atoms with Crippen molar-refractivity contribution in [3.63, 3.8) is 0 Å². The minimum atomic E-state index is -0.507. The van der Waals surface area contributed by atoms with Gasteiger partial charge in [-0.05, 0) is 30.5 Å². The Morgan fingerprint density at radius 3 is 2.70 bits per heavy atom. The molecule has 1 aromatic carbocycles. The van der Waals surface area contributed by atoms with Gasteiger partial charge in [0.05, 0.1) is 22.7 Å². The molecule has 0 saturated carbocycles. The number of esters is 1. The van der Waals surface area contributed by atoms with Crippen LogP contribution in [0.2, 0.25) is 5.02 Å². The molecule has 2 heterocycles. The van der Waals surface area contributed by atoms with Gasteiger partial charge in [-0.15, -0.1) is 0 Å². The maximum atomic E-state index is 12.6. The fourth-order valence-electron chi connectivity index (χ4n) is 3.01. The van der Waals surface area contributed by atoms with E-state index < -0.39 is 5.97 Å². The molecule has 0 aliphatic heterocycles. The fourth-order valence-corrected chi connectivity index (χ4v) is 3.39. The first kappa shape index (κ1) is 19.2. The molecule has 1 N–H and O–H groups in total. The summed E-state index contributed by atoms with van der Waals surface area (Å²) in [4.78, 5) is 19.1. The van der Waals surface area contributed by atoms with Gasteiger partial charge in [0, 0.05) is 25.3 Å². The highest BCUT2D eigenvalue weighted by atomic mass is 35.5. The summed E-state index contributed by atoms with van der Waals surface area (Å²) in [5, 5.41) is 8.44. The molecule has 0 aliphatic rings. The largest absolute Gasteiger partial charge is 0.461 e. The van der Waals surface area contributed by atoms with Gasteiger partial charge in [-0.2, -0.15) is 5.10 Å². The van der Waals surface area contributed by atoms with Crippen molar-refractivity contribution in [3.8, 4) is 11.1 Å². The molecular formula is C20H23ClN4O2. The summed E-state index contributed by atoms with van der Waals surface area (Å²) in [5.74, 6) is -0.347. The Kier molecular flexibility index (Phi) is 5.37. The van der Waals surface area contributed by atoms with Gasteiger partial charge < -0.3 is 9.64 Å². The maximum Gasteiger partial charge on any atom is 0.357 e. The van der Waals surface area contributed by atoms with E-state index in [0.717, 1.165) is 22.3 Å². The smallest absolute Gasteiger partial charge is 0.357 e. The Hall–Kier alpha value is -2.60. The topological polar surface area (TPSA) is 71.1 Å². The van der Waals surface area contributed by atoms with Crippen LogP contribution in [-0.4, -0.2) is 41.9 Å². The van der Waals surface area contributed by atoms with Gasteiger partial charge in [0.2, 0.25) is 0 Å². The molecule has 0 fully saturated rings. The van der Waals surface area contributed by atoms with Crippen LogP contribution in [0.3, 0.4) is 0 Å². The van der Waals surface area contributed by atoms with Crippen molar-refractivity contribution in [1.82, 2.24) is 15.2 Å². The summed E-state index contributed by atoms with van der Waals surface area (Å²) in [7, 11) is 3.92. The number of nitrogens with one attached hydrogen (secondary N) is 1. The van der Waals surface area contributed by atoms with Crippen LogP contribution in [0.5, 0.6) is 0 Å². The number of nitrogens with zero attached hydrogens (tertiary/aromatic N) is 3. The highest BCUT2D eigenvalue weighted by Crippen LogP contribution is 2.39. The van der Waals surface area contributed by atoms with Crippen LogP contribution in [0.25, 0.3) is 22.2 Å². The number of H-pyrrole nitrogens is 1. The van der Waals surface area contributed by atoms with Crippen LogP contribution in [0, 0.1) is 0 Å². The van der Waals surface area contributed by atoms with Crippen LogP contribution in [-0.2, 0) is 4.74 Å². The number of carbonyl (C=O) groups is 1. The van der Waals surface area contributed by atoms with E-state index in [9.17, 15) is 4.79 Å². The monoisotopic (exact) mass is 386 g/mol. The highest BCUT2D eigenvalue weighted by Gasteiger charge is 2.25. The van der Waals surface area contributed by atoms with Crippen LogP contribution in [0.15, 0.2) is 24.3 Å². The zero-order valence-corrected chi connectivity index (χ0v) is 16.9. The molecule has 3 rings (SSSR count). The van der Waals surface area contributed by atoms with Gasteiger partial charge in [-0.25, -0.2) is 9.78 Å². The van der Waals surface area contributed by atoms with Crippen LogP contribution < -0.4 is 4.90 Å². The molecule has 0 aliphatic carbocycles. The molecule has 0 bridgehead atoms. The summed E-state index contributed by atoms with van der Waals surface area (Å²) in [6.45, 7) is 6.10. The number of fused-ring (bicyclic) bond motifs is 1. The predicted molar refractivity (Wildman–Crippen MR) is 109 cm³/mol. The molecule has 0 amide bonds. The van der Waals surface area contributed by atoms with Gasteiger partial charge in [0.25, 0.3) is 0 Å². The van der Waals surface area contributed by atoms with Crippen molar-refractivity contribution in [3.05, 3.63) is 40.7 Å². The molecule has 2 aromatic heterocycles. The lowest BCUT2D eigenvalue weighted by Gasteiger charge is -2.16. The average molecular weight is 387 g/mol. The number of hydrogen-bond donors (Lipinski definition) is 1. The van der Waals surface area contributed by atoms with Crippen molar-refractivity contribution in [1.29, 1.82) is 0 Å². The molecular weight excluding hydrogens is 364 g/mol. The van der Waals surface area contributed by atoms with E-state index in [0.29, 0.717) is 16.2 Å². The normalized spacial score (nSPS) is 11.2. The fraction of sp³-hybridized carbons (Fsp3) is 0.350. The summed E-state index contributed by atoms with van der Waals surface area (Å²) < 4.78 is 5.22. The number of anilines is 1. The molecule has 0 saturated heterocycles. The molecule has 0 atom stereocenters. The third kappa shape index (κ3) is 3.49. The number of hydrogen-bond acceptors (Lipinski definition) is 5. The number of halogens is 1. The second-order valence-electron chi connectivity index (χ2n) is 6.80. The number of aromatic nitrogens is 3. The van der Waals surface area contributed by atoms with Gasteiger partial charge in [0.1, 0.15) is 0 Å². The van der Waals surface area contributed by atoms with E-state index in [2.05, 4.69) is 15.2 Å². The van der Waals surface area contributed by atoms with Gasteiger partial charge in [-0.3, -0.25) is 5.10 Å². The van der Waals surface area contributed by atoms with E-state index in [-0.39, 0.29) is 18.2 Å². The zero-order chi connectivity index (χ0) is 19.7. The summed E-state index contributed by atoms with van der Waals surface area (Å²) >= 11 is 6.83. The lowest BCUT2D eigenvalue weighted by Crippen LogP contribution is -2.11. The van der Waals surface area contributed by atoms with Crippen molar-refractivity contribution < 1.29 is 9.53 Å². The van der Waals surface area contributed by atoms with E-state index >= 15 is 0 Å². The SMILES string of the molecule is CCOC(=O)c1nc2[nH]nc(C(C)C)c2c(Cl)c1-c1cccc(N(C)C)c1. The Morgan fingerprint density at radius 1 is 1.33 bits per heavy atom. The van der Waals surface area contributed by atoms with Crippen LogP contribution >= 0.6 is 11.6 Å². The first-order valence-corrected chi connectivity index (χ1v) is 9.25. The predicted octanol–water partition coefficient (Wildman–Crippen LogP) is 4.64. The molecule has 3 aromatic rings. The van der Waals surface area contributed by atoms with Gasteiger partial charge in [0.15, 0.2) is 11.3 Å². The summed E-state index contributed by atoms with van der Waals surface area (Å²) in [5.41, 5.74) is 3.86. The first-order valence-electron chi connectivity index (χ1n) is 8.87. The molecule has 0 unspecified atom stereocenters. The second kappa shape index (κ2) is 7.56. The number of rotatable bonds is 5. The number of carbonyl (C=O) groups excluding carboxylic acids is 1. The quantitative estimate of drug-likeness (QED) is 0.646. The Morgan fingerprint density at radius 2 is 2.07 bits per heavy atom. The Labute approximate surface area is 163 Å². The minimum absolute atomic E-state index is 0.160. The van der Waals surface area contributed by atoms with E-state index in [4.69, 9.17) is 16.3 Å². The third-order valence-electron chi connectivity index (χ3n) is 4.34. The average Bonchev–Trinajstić information content (AvgIpc) is 3.06. The second-order valence-corrected chi connectivity index (χ2v) is 7.18. The third-order valence-corrected chi connectivity index (χ3v) is 4.72. The van der Waals surface area contributed by atoms with E-state index in [1.54, 1.807) is 6.92 Å². The van der Waals surface area contributed by atoms with E-state index in [1.165, 1.54) is 0 Å². The molecule has 7 heteroatoms. The van der Waals surface area contributed by atoms with Crippen LogP contribution in [0.4, 0.5) is 5.69 Å². The van der Waals surface area contributed by atoms with Gasteiger partial charge >= 0.3 is 5.97 Å². The zero-order valence-electron chi connectivity index (χ0n) is 16.1. The summed E-state index contributed by atoms with van der Waals surface area (Å²) in [6, 6.07) is 7.82.